The zero-order valence-corrected chi connectivity index (χ0v) is 10.9. The van der Waals surface area contributed by atoms with E-state index in [-0.39, 0.29) is 19.5 Å². The number of carbonyl (C=O) groups is 2. The molecule has 1 heterocycles. The van der Waals surface area contributed by atoms with Gasteiger partial charge < -0.3 is 20.7 Å². The number of primary amides is 1. The molecule has 1 aliphatic heterocycles. The molecule has 3 N–H and O–H groups in total. The highest BCUT2D eigenvalue weighted by Crippen LogP contribution is 2.14. The molecule has 2 atom stereocenters. The first-order valence-electron chi connectivity index (χ1n) is 5.85. The van der Waals surface area contributed by atoms with Crippen LogP contribution in [0.1, 0.15) is 27.2 Å². The van der Waals surface area contributed by atoms with Crippen LogP contribution in [-0.2, 0) is 4.74 Å². The summed E-state index contributed by atoms with van der Waals surface area (Å²) in [7, 11) is 0. The fourth-order valence-electron chi connectivity index (χ4n) is 1.80. The number of amides is 3. The Morgan fingerprint density at radius 2 is 2.00 bits per heavy atom. The molecule has 0 spiro atoms. The molecular weight excluding hydrogens is 241 g/mol. The van der Waals surface area contributed by atoms with Gasteiger partial charge in [0.15, 0.2) is 0 Å². The molecule has 1 aliphatic rings. The van der Waals surface area contributed by atoms with Gasteiger partial charge in [-0.25, -0.2) is 14.0 Å². The Morgan fingerprint density at radius 1 is 1.39 bits per heavy atom. The number of alkyl carbamates (subject to hydrolysis) is 1. The van der Waals surface area contributed by atoms with Crippen molar-refractivity contribution in [3.63, 3.8) is 0 Å². The molecule has 0 aromatic rings. The molecule has 6 nitrogen and oxygen atoms in total. The number of likely N-dealkylation sites (tertiary alicyclic amines) is 1. The van der Waals surface area contributed by atoms with E-state index < -0.39 is 29.9 Å². The van der Waals surface area contributed by atoms with E-state index in [1.54, 1.807) is 20.8 Å². The van der Waals surface area contributed by atoms with Gasteiger partial charge in [0.2, 0.25) is 0 Å². The van der Waals surface area contributed by atoms with Crippen LogP contribution in [0.15, 0.2) is 0 Å². The normalized spacial score (nSPS) is 24.6. The van der Waals surface area contributed by atoms with Crippen molar-refractivity contribution >= 4 is 12.1 Å². The largest absolute Gasteiger partial charge is 0.444 e. The zero-order valence-electron chi connectivity index (χ0n) is 10.9. The minimum absolute atomic E-state index is 0.0260. The van der Waals surface area contributed by atoms with Crippen molar-refractivity contribution in [3.05, 3.63) is 0 Å². The average molecular weight is 261 g/mol. The number of nitrogens with zero attached hydrogens (tertiary/aromatic N) is 1. The predicted molar refractivity (Wildman–Crippen MR) is 63.8 cm³/mol. The number of carbonyl (C=O) groups excluding carboxylic acids is 2. The van der Waals surface area contributed by atoms with Gasteiger partial charge in [-0.05, 0) is 20.8 Å². The van der Waals surface area contributed by atoms with Crippen LogP contribution in [0.5, 0.6) is 0 Å². The standard InChI is InChI=1S/C11H20FN3O3/c1-11(2,3)18-10(17)14-8-4-7(12)5-15(6-8)9(13)16/h7-8H,4-6H2,1-3H3,(H2,13,16)(H,14,17)/t7-,8+/m0/s1. The highest BCUT2D eigenvalue weighted by molar-refractivity contribution is 5.72. The van der Waals surface area contributed by atoms with Gasteiger partial charge in [0.25, 0.3) is 0 Å². The van der Waals surface area contributed by atoms with Crippen LogP contribution in [-0.4, -0.2) is 47.9 Å². The van der Waals surface area contributed by atoms with Crippen molar-refractivity contribution in [1.82, 2.24) is 10.2 Å². The molecule has 0 saturated carbocycles. The minimum Gasteiger partial charge on any atom is -0.444 e. The maximum Gasteiger partial charge on any atom is 0.407 e. The van der Waals surface area contributed by atoms with Gasteiger partial charge in [-0.3, -0.25) is 0 Å². The van der Waals surface area contributed by atoms with Crippen LogP contribution in [0.3, 0.4) is 0 Å². The van der Waals surface area contributed by atoms with E-state index in [9.17, 15) is 14.0 Å². The molecule has 7 heteroatoms. The van der Waals surface area contributed by atoms with Crippen LogP contribution >= 0.6 is 0 Å². The summed E-state index contributed by atoms with van der Waals surface area (Å²) in [6.45, 7) is 5.39. The van der Waals surface area contributed by atoms with Gasteiger partial charge in [0.05, 0.1) is 12.6 Å². The Balaban J connectivity index is 2.51. The van der Waals surface area contributed by atoms with Gasteiger partial charge in [0, 0.05) is 13.0 Å². The van der Waals surface area contributed by atoms with E-state index in [0.717, 1.165) is 0 Å². The first-order chi connectivity index (χ1) is 8.17. The average Bonchev–Trinajstić information content (AvgIpc) is 2.12. The summed E-state index contributed by atoms with van der Waals surface area (Å²) >= 11 is 0. The lowest BCUT2D eigenvalue weighted by molar-refractivity contribution is 0.0452. The number of halogens is 1. The quantitative estimate of drug-likeness (QED) is 0.738. The summed E-state index contributed by atoms with van der Waals surface area (Å²) in [5, 5.41) is 2.54. The van der Waals surface area contributed by atoms with Crippen molar-refractivity contribution in [1.29, 1.82) is 0 Å². The maximum absolute atomic E-state index is 13.4. The summed E-state index contributed by atoms with van der Waals surface area (Å²) < 4.78 is 18.5. The van der Waals surface area contributed by atoms with Crippen molar-refractivity contribution in [3.8, 4) is 0 Å². The van der Waals surface area contributed by atoms with Crippen LogP contribution in [0.2, 0.25) is 0 Å². The van der Waals surface area contributed by atoms with Crippen molar-refractivity contribution < 1.29 is 18.7 Å². The highest BCUT2D eigenvalue weighted by Gasteiger charge is 2.30. The number of ether oxygens (including phenoxy) is 1. The van der Waals surface area contributed by atoms with Gasteiger partial charge in [-0.1, -0.05) is 0 Å². The summed E-state index contributed by atoms with van der Waals surface area (Å²) in [4.78, 5) is 23.7. The molecule has 0 aliphatic carbocycles. The third kappa shape index (κ3) is 4.77. The number of rotatable bonds is 1. The topological polar surface area (TPSA) is 84.7 Å². The number of piperidine rings is 1. The van der Waals surface area contributed by atoms with E-state index in [4.69, 9.17) is 10.5 Å². The Hall–Kier alpha value is -1.53. The first-order valence-corrected chi connectivity index (χ1v) is 5.85. The van der Waals surface area contributed by atoms with Crippen molar-refractivity contribution in [2.75, 3.05) is 13.1 Å². The van der Waals surface area contributed by atoms with Gasteiger partial charge in [-0.15, -0.1) is 0 Å². The Labute approximate surface area is 106 Å². The molecule has 0 unspecified atom stereocenters. The van der Waals surface area contributed by atoms with Crippen LogP contribution in [0.25, 0.3) is 0 Å². The highest BCUT2D eigenvalue weighted by atomic mass is 19.1. The summed E-state index contributed by atoms with van der Waals surface area (Å²) in [6, 6.07) is -1.16. The molecule has 0 aromatic carbocycles. The Kier molecular flexibility index (Phi) is 4.37. The van der Waals surface area contributed by atoms with Crippen molar-refractivity contribution in [2.24, 2.45) is 5.73 Å². The summed E-state index contributed by atoms with van der Waals surface area (Å²) in [5.41, 5.74) is 4.49. The van der Waals surface area contributed by atoms with Gasteiger partial charge in [0.1, 0.15) is 11.8 Å². The number of nitrogens with two attached hydrogens (primary N) is 1. The molecule has 1 rings (SSSR count). The summed E-state index contributed by atoms with van der Waals surface area (Å²) in [5.74, 6) is 0. The van der Waals surface area contributed by atoms with Crippen LogP contribution in [0, 0.1) is 0 Å². The predicted octanol–water partition coefficient (Wildman–Crippen LogP) is 1.00. The Morgan fingerprint density at radius 3 is 2.50 bits per heavy atom. The third-order valence-corrected chi connectivity index (χ3v) is 2.43. The monoisotopic (exact) mass is 261 g/mol. The van der Waals surface area contributed by atoms with E-state index in [2.05, 4.69) is 5.32 Å². The number of alkyl halides is 1. The molecule has 0 radical (unpaired) electrons. The lowest BCUT2D eigenvalue weighted by Gasteiger charge is -2.34. The SMILES string of the molecule is CC(C)(C)OC(=O)N[C@@H]1C[C@H](F)CN(C(N)=O)C1. The molecular formula is C11H20FN3O3. The van der Waals surface area contributed by atoms with E-state index >= 15 is 0 Å². The van der Waals surface area contributed by atoms with Crippen LogP contribution in [0.4, 0.5) is 14.0 Å². The van der Waals surface area contributed by atoms with Gasteiger partial charge >= 0.3 is 12.1 Å². The van der Waals surface area contributed by atoms with E-state index in [1.807, 2.05) is 0 Å². The summed E-state index contributed by atoms with van der Waals surface area (Å²) in [6.07, 6.45) is -1.65. The second-order valence-electron chi connectivity index (χ2n) is 5.42. The second kappa shape index (κ2) is 5.41. The number of hydrogen-bond acceptors (Lipinski definition) is 3. The molecule has 0 aromatic heterocycles. The minimum atomic E-state index is -1.19. The first kappa shape index (κ1) is 14.5. The van der Waals surface area contributed by atoms with E-state index in [1.165, 1.54) is 4.90 Å². The molecule has 1 fully saturated rings. The number of urea groups is 1. The third-order valence-electron chi connectivity index (χ3n) is 2.43. The number of nitrogens with one attached hydrogen (secondary N) is 1. The molecule has 1 saturated heterocycles. The second-order valence-corrected chi connectivity index (χ2v) is 5.42. The smallest absolute Gasteiger partial charge is 0.407 e. The maximum atomic E-state index is 13.4. The zero-order chi connectivity index (χ0) is 13.9. The van der Waals surface area contributed by atoms with Crippen molar-refractivity contribution in [2.45, 2.75) is 45.0 Å². The molecule has 18 heavy (non-hydrogen) atoms. The molecule has 104 valence electrons. The molecule has 3 amide bonds. The van der Waals surface area contributed by atoms with Crippen LogP contribution < -0.4 is 11.1 Å². The fraction of sp³-hybridized carbons (Fsp3) is 0.818. The Bertz CT molecular complexity index is 330. The number of hydrogen-bond donors (Lipinski definition) is 2. The van der Waals surface area contributed by atoms with Gasteiger partial charge in [-0.2, -0.15) is 0 Å². The van der Waals surface area contributed by atoms with E-state index in [0.29, 0.717) is 0 Å². The lowest BCUT2D eigenvalue weighted by atomic mass is 10.0. The fourth-order valence-corrected chi connectivity index (χ4v) is 1.80. The lowest BCUT2D eigenvalue weighted by Crippen LogP contribution is -2.55. The molecule has 0 bridgehead atoms.